The summed E-state index contributed by atoms with van der Waals surface area (Å²) in [5.74, 6) is 1.25. The Bertz CT molecular complexity index is 349. The Kier molecular flexibility index (Phi) is 6.10. The van der Waals surface area contributed by atoms with Gasteiger partial charge in [-0.05, 0) is 31.0 Å². The van der Waals surface area contributed by atoms with Gasteiger partial charge < -0.3 is 14.2 Å². The second kappa shape index (κ2) is 7.68. The molecule has 94 valence electrons. The van der Waals surface area contributed by atoms with Gasteiger partial charge >= 0.3 is 0 Å². The van der Waals surface area contributed by atoms with Crippen LogP contribution in [0.25, 0.3) is 0 Å². The third-order valence-corrected chi connectivity index (χ3v) is 2.34. The van der Waals surface area contributed by atoms with Gasteiger partial charge in [0.15, 0.2) is 6.29 Å². The first kappa shape index (κ1) is 13.5. The van der Waals surface area contributed by atoms with E-state index in [-0.39, 0.29) is 0 Å². The Balaban J connectivity index is 2.49. The van der Waals surface area contributed by atoms with Crippen LogP contribution < -0.4 is 9.47 Å². The molecule has 0 bridgehead atoms. The van der Waals surface area contributed by atoms with E-state index in [9.17, 15) is 4.79 Å². The van der Waals surface area contributed by atoms with Crippen molar-refractivity contribution in [3.05, 3.63) is 23.8 Å². The highest BCUT2D eigenvalue weighted by Gasteiger charge is 2.04. The van der Waals surface area contributed by atoms with Gasteiger partial charge in [-0.1, -0.05) is 0 Å². The smallest absolute Gasteiger partial charge is 0.153 e. The molecule has 0 atom stereocenters. The van der Waals surface area contributed by atoms with Crippen molar-refractivity contribution in [3.63, 3.8) is 0 Å². The minimum absolute atomic E-state index is 0.510. The molecular weight excluding hydrogens is 220 g/mol. The summed E-state index contributed by atoms with van der Waals surface area (Å²) in [6, 6.07) is 5.19. The summed E-state index contributed by atoms with van der Waals surface area (Å²) in [7, 11) is 3.24. The zero-order valence-electron chi connectivity index (χ0n) is 10.3. The van der Waals surface area contributed by atoms with Crippen molar-refractivity contribution in [1.29, 1.82) is 0 Å². The lowest BCUT2D eigenvalue weighted by atomic mass is 10.2. The minimum atomic E-state index is 0.510. The third-order valence-electron chi connectivity index (χ3n) is 2.34. The zero-order valence-corrected chi connectivity index (χ0v) is 10.3. The highest BCUT2D eigenvalue weighted by atomic mass is 16.5. The van der Waals surface area contributed by atoms with Crippen molar-refractivity contribution < 1.29 is 19.0 Å². The van der Waals surface area contributed by atoms with E-state index in [1.54, 1.807) is 32.4 Å². The van der Waals surface area contributed by atoms with Gasteiger partial charge in [-0.15, -0.1) is 0 Å². The summed E-state index contributed by atoms with van der Waals surface area (Å²) in [6.07, 6.45) is 2.62. The number of methoxy groups -OCH3 is 2. The van der Waals surface area contributed by atoms with Crippen molar-refractivity contribution in [2.75, 3.05) is 27.4 Å². The first-order valence-electron chi connectivity index (χ1n) is 5.56. The lowest BCUT2D eigenvalue weighted by Crippen LogP contribution is -2.01. The van der Waals surface area contributed by atoms with Crippen LogP contribution in [0.15, 0.2) is 18.2 Å². The van der Waals surface area contributed by atoms with Gasteiger partial charge in [0, 0.05) is 13.7 Å². The highest BCUT2D eigenvalue weighted by molar-refractivity contribution is 5.80. The second-order valence-electron chi connectivity index (χ2n) is 3.57. The van der Waals surface area contributed by atoms with Gasteiger partial charge in [-0.2, -0.15) is 0 Å². The van der Waals surface area contributed by atoms with E-state index in [0.29, 0.717) is 23.7 Å². The average Bonchev–Trinajstić information content (AvgIpc) is 2.38. The predicted molar refractivity (Wildman–Crippen MR) is 65.0 cm³/mol. The number of aldehydes is 1. The van der Waals surface area contributed by atoms with E-state index >= 15 is 0 Å². The molecule has 17 heavy (non-hydrogen) atoms. The molecule has 0 N–H and O–H groups in total. The van der Waals surface area contributed by atoms with Gasteiger partial charge in [0.2, 0.25) is 0 Å². The van der Waals surface area contributed by atoms with Crippen LogP contribution in [-0.4, -0.2) is 33.7 Å². The molecule has 0 unspecified atom stereocenters. The summed E-state index contributed by atoms with van der Waals surface area (Å²) < 4.78 is 15.5. The van der Waals surface area contributed by atoms with Crippen LogP contribution in [0.2, 0.25) is 0 Å². The second-order valence-corrected chi connectivity index (χ2v) is 3.57. The van der Waals surface area contributed by atoms with Crippen molar-refractivity contribution in [1.82, 2.24) is 0 Å². The fourth-order valence-electron chi connectivity index (χ4n) is 1.41. The van der Waals surface area contributed by atoms with Gasteiger partial charge in [0.25, 0.3) is 0 Å². The van der Waals surface area contributed by atoms with Crippen LogP contribution in [0.1, 0.15) is 23.2 Å². The van der Waals surface area contributed by atoms with E-state index in [1.165, 1.54) is 0 Å². The fourth-order valence-corrected chi connectivity index (χ4v) is 1.41. The molecule has 0 saturated carbocycles. The Labute approximate surface area is 101 Å². The van der Waals surface area contributed by atoms with E-state index in [1.807, 2.05) is 0 Å². The minimum Gasteiger partial charge on any atom is -0.497 e. The molecule has 0 fully saturated rings. The van der Waals surface area contributed by atoms with Gasteiger partial charge in [-0.25, -0.2) is 0 Å². The summed E-state index contributed by atoms with van der Waals surface area (Å²) in [5, 5.41) is 0. The summed E-state index contributed by atoms with van der Waals surface area (Å²) in [5.41, 5.74) is 0.510. The van der Waals surface area contributed by atoms with Gasteiger partial charge in [0.1, 0.15) is 11.5 Å². The van der Waals surface area contributed by atoms with Crippen molar-refractivity contribution >= 4 is 6.29 Å². The molecule has 0 radical (unpaired) electrons. The van der Waals surface area contributed by atoms with Gasteiger partial charge in [-0.3, -0.25) is 4.79 Å². The van der Waals surface area contributed by atoms with E-state index in [4.69, 9.17) is 14.2 Å². The molecule has 0 amide bonds. The Hall–Kier alpha value is -1.55. The van der Waals surface area contributed by atoms with E-state index in [2.05, 4.69) is 0 Å². The number of rotatable bonds is 8. The maximum absolute atomic E-state index is 10.9. The number of unbranched alkanes of at least 4 members (excludes halogenated alkanes) is 1. The van der Waals surface area contributed by atoms with Crippen molar-refractivity contribution in [2.45, 2.75) is 12.8 Å². The largest absolute Gasteiger partial charge is 0.497 e. The number of ether oxygens (including phenoxy) is 3. The molecule has 0 aromatic heterocycles. The zero-order chi connectivity index (χ0) is 12.5. The van der Waals surface area contributed by atoms with Crippen LogP contribution in [0.5, 0.6) is 11.5 Å². The predicted octanol–water partition coefficient (Wildman–Crippen LogP) is 2.31. The maximum atomic E-state index is 10.9. The van der Waals surface area contributed by atoms with E-state index in [0.717, 1.165) is 25.7 Å². The Morgan fingerprint density at radius 1 is 1.18 bits per heavy atom. The Morgan fingerprint density at radius 2 is 1.94 bits per heavy atom. The van der Waals surface area contributed by atoms with Crippen LogP contribution in [0.3, 0.4) is 0 Å². The third kappa shape index (κ3) is 4.44. The van der Waals surface area contributed by atoms with Gasteiger partial charge in [0.05, 0.1) is 19.3 Å². The molecule has 0 saturated heterocycles. The standard InChI is InChI=1S/C13H18O4/c1-15-7-3-4-8-17-13-6-5-12(16-2)9-11(13)10-14/h5-6,9-10H,3-4,7-8H2,1-2H3. The number of carbonyl (C=O) groups is 1. The lowest BCUT2D eigenvalue weighted by molar-refractivity contribution is 0.111. The van der Waals surface area contributed by atoms with E-state index < -0.39 is 0 Å². The molecule has 0 aliphatic carbocycles. The first-order valence-corrected chi connectivity index (χ1v) is 5.56. The average molecular weight is 238 g/mol. The molecular formula is C13H18O4. The molecule has 4 heteroatoms. The normalized spacial score (nSPS) is 10.0. The van der Waals surface area contributed by atoms with Crippen molar-refractivity contribution in [3.8, 4) is 11.5 Å². The SMILES string of the molecule is COCCCCOc1ccc(OC)cc1C=O. The quantitative estimate of drug-likeness (QED) is 0.515. The molecule has 0 spiro atoms. The number of hydrogen-bond donors (Lipinski definition) is 0. The maximum Gasteiger partial charge on any atom is 0.153 e. The van der Waals surface area contributed by atoms with Crippen LogP contribution >= 0.6 is 0 Å². The molecule has 4 nitrogen and oxygen atoms in total. The fraction of sp³-hybridized carbons (Fsp3) is 0.462. The monoisotopic (exact) mass is 238 g/mol. The molecule has 1 aromatic rings. The van der Waals surface area contributed by atoms with Crippen LogP contribution in [-0.2, 0) is 4.74 Å². The van der Waals surface area contributed by atoms with Crippen LogP contribution in [0, 0.1) is 0 Å². The molecule has 0 aliphatic rings. The molecule has 1 rings (SSSR count). The topological polar surface area (TPSA) is 44.8 Å². The number of hydrogen-bond acceptors (Lipinski definition) is 4. The first-order chi connectivity index (χ1) is 8.31. The Morgan fingerprint density at radius 3 is 2.59 bits per heavy atom. The molecule has 1 aromatic carbocycles. The molecule has 0 heterocycles. The molecule has 0 aliphatic heterocycles. The van der Waals surface area contributed by atoms with Crippen LogP contribution in [0.4, 0.5) is 0 Å². The highest BCUT2D eigenvalue weighted by Crippen LogP contribution is 2.22. The number of carbonyl (C=O) groups excluding carboxylic acids is 1. The summed E-state index contributed by atoms with van der Waals surface area (Å²) in [6.45, 7) is 1.31. The number of benzene rings is 1. The summed E-state index contributed by atoms with van der Waals surface area (Å²) >= 11 is 0. The summed E-state index contributed by atoms with van der Waals surface area (Å²) in [4.78, 5) is 10.9. The van der Waals surface area contributed by atoms with Crippen molar-refractivity contribution in [2.24, 2.45) is 0 Å². The lowest BCUT2D eigenvalue weighted by Gasteiger charge is -2.09.